The van der Waals surface area contributed by atoms with Crippen LogP contribution in [0.4, 0.5) is 4.39 Å². The van der Waals surface area contributed by atoms with Crippen molar-refractivity contribution in [1.82, 2.24) is 0 Å². The number of hydrogen-bond donors (Lipinski definition) is 1. The van der Waals surface area contributed by atoms with E-state index in [0.29, 0.717) is 23.3 Å². The number of hydrogen-bond acceptors (Lipinski definition) is 1. The van der Waals surface area contributed by atoms with Gasteiger partial charge in [0.1, 0.15) is 5.82 Å². The van der Waals surface area contributed by atoms with Gasteiger partial charge in [0.25, 0.3) is 0 Å². The molecule has 1 saturated carbocycles. The Morgan fingerprint density at radius 1 is 1.32 bits per heavy atom. The molecule has 1 aromatic rings. The zero-order valence-electron chi connectivity index (χ0n) is 12.5. The first-order valence-electron chi connectivity index (χ1n) is 7.40. The van der Waals surface area contributed by atoms with Crippen LogP contribution < -0.4 is 5.73 Å². The van der Waals surface area contributed by atoms with Gasteiger partial charge >= 0.3 is 0 Å². The van der Waals surface area contributed by atoms with E-state index in [2.05, 4.69) is 20.8 Å². The van der Waals surface area contributed by atoms with Gasteiger partial charge in [0.2, 0.25) is 0 Å². The van der Waals surface area contributed by atoms with Crippen LogP contribution in [0.1, 0.15) is 51.2 Å². The van der Waals surface area contributed by atoms with Crippen LogP contribution in [0.3, 0.4) is 0 Å². The molecule has 0 amide bonds. The van der Waals surface area contributed by atoms with Gasteiger partial charge in [0.05, 0.1) is 0 Å². The van der Waals surface area contributed by atoms with Crippen molar-refractivity contribution in [2.45, 2.75) is 52.5 Å². The summed E-state index contributed by atoms with van der Waals surface area (Å²) in [5.41, 5.74) is 8.32. The van der Waals surface area contributed by atoms with Crippen LogP contribution in [0.25, 0.3) is 0 Å². The summed E-state index contributed by atoms with van der Waals surface area (Å²) in [6.45, 7) is 8.59. The summed E-state index contributed by atoms with van der Waals surface area (Å²) in [6.07, 6.45) is 3.43. The van der Waals surface area contributed by atoms with Gasteiger partial charge in [-0.2, -0.15) is 0 Å². The first-order valence-corrected chi connectivity index (χ1v) is 7.40. The minimum absolute atomic E-state index is 0.141. The molecule has 2 N–H and O–H groups in total. The lowest BCUT2D eigenvalue weighted by Crippen LogP contribution is -2.50. The summed E-state index contributed by atoms with van der Waals surface area (Å²) < 4.78 is 13.5. The molecule has 2 heteroatoms. The molecule has 106 valence electrons. The zero-order valence-corrected chi connectivity index (χ0v) is 12.5. The molecule has 0 heterocycles. The second kappa shape index (κ2) is 5.24. The summed E-state index contributed by atoms with van der Waals surface area (Å²) in [4.78, 5) is 0. The Morgan fingerprint density at radius 3 is 2.58 bits per heavy atom. The van der Waals surface area contributed by atoms with Crippen molar-refractivity contribution in [1.29, 1.82) is 0 Å². The lowest BCUT2D eigenvalue weighted by atomic mass is 9.62. The molecule has 1 aliphatic rings. The lowest BCUT2D eigenvalue weighted by molar-refractivity contribution is 0.108. The van der Waals surface area contributed by atoms with Crippen LogP contribution >= 0.6 is 0 Å². The molecule has 19 heavy (non-hydrogen) atoms. The molecular weight excluding hydrogens is 237 g/mol. The molecule has 0 spiro atoms. The summed E-state index contributed by atoms with van der Waals surface area (Å²) in [5.74, 6) is 1.54. The highest BCUT2D eigenvalue weighted by Gasteiger charge is 2.42. The number of aryl methyl sites for hydroxylation is 1. The molecule has 0 radical (unpaired) electrons. The van der Waals surface area contributed by atoms with Crippen LogP contribution in [-0.4, -0.2) is 0 Å². The van der Waals surface area contributed by atoms with Crippen molar-refractivity contribution in [2.75, 3.05) is 0 Å². The van der Waals surface area contributed by atoms with Gasteiger partial charge in [-0.1, -0.05) is 39.3 Å². The van der Waals surface area contributed by atoms with E-state index in [4.69, 9.17) is 5.73 Å². The Kier molecular flexibility index (Phi) is 4.00. The molecule has 0 aliphatic heterocycles. The Balaban J connectivity index is 2.43. The van der Waals surface area contributed by atoms with E-state index in [1.165, 1.54) is 12.8 Å². The van der Waals surface area contributed by atoms with E-state index >= 15 is 0 Å². The summed E-state index contributed by atoms with van der Waals surface area (Å²) in [6, 6.07) is 5.40. The normalized spacial score (nSPS) is 31.7. The molecule has 2 rings (SSSR count). The van der Waals surface area contributed by atoms with Gasteiger partial charge in [-0.15, -0.1) is 0 Å². The highest BCUT2D eigenvalue weighted by molar-refractivity contribution is 5.31. The molecular formula is C17H26FN. The Hall–Kier alpha value is -0.890. The Labute approximate surface area is 116 Å². The van der Waals surface area contributed by atoms with E-state index in [9.17, 15) is 4.39 Å². The maximum absolute atomic E-state index is 13.5. The molecule has 3 atom stereocenters. The van der Waals surface area contributed by atoms with Crippen LogP contribution in [0.15, 0.2) is 18.2 Å². The highest BCUT2D eigenvalue weighted by atomic mass is 19.1. The topological polar surface area (TPSA) is 26.0 Å². The van der Waals surface area contributed by atoms with Crippen molar-refractivity contribution in [3.8, 4) is 0 Å². The fourth-order valence-corrected chi connectivity index (χ4v) is 3.75. The summed E-state index contributed by atoms with van der Waals surface area (Å²) >= 11 is 0. The molecule has 0 bridgehead atoms. The fraction of sp³-hybridized carbons (Fsp3) is 0.647. The van der Waals surface area contributed by atoms with Gasteiger partial charge in [0, 0.05) is 5.54 Å². The third kappa shape index (κ3) is 2.69. The van der Waals surface area contributed by atoms with Gasteiger partial charge in [-0.3, -0.25) is 0 Å². The highest BCUT2D eigenvalue weighted by Crippen LogP contribution is 2.45. The average molecular weight is 263 g/mol. The minimum Gasteiger partial charge on any atom is -0.321 e. The summed E-state index contributed by atoms with van der Waals surface area (Å²) in [5, 5.41) is 0. The third-order valence-corrected chi connectivity index (χ3v) is 4.82. The number of halogens is 1. The molecule has 0 aromatic heterocycles. The largest absolute Gasteiger partial charge is 0.321 e. The SMILES string of the molecule is Cc1cc(C2(N)CC(C)CCC2C(C)C)ccc1F. The minimum atomic E-state index is -0.301. The molecule has 3 unspecified atom stereocenters. The molecule has 1 nitrogen and oxygen atoms in total. The number of nitrogens with two attached hydrogens (primary N) is 1. The molecule has 0 saturated heterocycles. The van der Waals surface area contributed by atoms with Crippen molar-refractivity contribution in [3.05, 3.63) is 35.1 Å². The summed E-state index contributed by atoms with van der Waals surface area (Å²) in [7, 11) is 0. The van der Waals surface area contributed by atoms with Crippen molar-refractivity contribution in [2.24, 2.45) is 23.5 Å². The predicted molar refractivity (Wildman–Crippen MR) is 78.3 cm³/mol. The third-order valence-electron chi connectivity index (χ3n) is 4.82. The first kappa shape index (κ1) is 14.5. The molecule has 1 aliphatic carbocycles. The average Bonchev–Trinajstić information content (AvgIpc) is 2.31. The molecule has 1 fully saturated rings. The molecule has 1 aromatic carbocycles. The van der Waals surface area contributed by atoms with E-state index in [0.717, 1.165) is 12.0 Å². The van der Waals surface area contributed by atoms with Crippen molar-refractivity contribution < 1.29 is 4.39 Å². The van der Waals surface area contributed by atoms with Crippen molar-refractivity contribution in [3.63, 3.8) is 0 Å². The monoisotopic (exact) mass is 263 g/mol. The standard InChI is InChI=1S/C17H26FN/c1-11(2)15-7-5-12(3)10-17(15,19)14-6-8-16(18)13(4)9-14/h6,8-9,11-12,15H,5,7,10,19H2,1-4H3. The van der Waals surface area contributed by atoms with E-state index in [1.54, 1.807) is 6.07 Å². The van der Waals surface area contributed by atoms with E-state index in [-0.39, 0.29) is 11.4 Å². The Morgan fingerprint density at radius 2 is 2.00 bits per heavy atom. The van der Waals surface area contributed by atoms with Crippen LogP contribution in [-0.2, 0) is 5.54 Å². The maximum atomic E-state index is 13.5. The van der Waals surface area contributed by atoms with Gasteiger partial charge in [-0.25, -0.2) is 4.39 Å². The van der Waals surface area contributed by atoms with E-state index in [1.807, 2.05) is 19.1 Å². The van der Waals surface area contributed by atoms with E-state index < -0.39 is 0 Å². The van der Waals surface area contributed by atoms with Crippen molar-refractivity contribution >= 4 is 0 Å². The van der Waals surface area contributed by atoms with Crippen LogP contribution in [0, 0.1) is 30.5 Å². The quantitative estimate of drug-likeness (QED) is 0.842. The maximum Gasteiger partial charge on any atom is 0.126 e. The van der Waals surface area contributed by atoms with Crippen LogP contribution in [0.5, 0.6) is 0 Å². The van der Waals surface area contributed by atoms with Gasteiger partial charge in [0.15, 0.2) is 0 Å². The number of rotatable bonds is 2. The first-order chi connectivity index (χ1) is 8.84. The Bertz CT molecular complexity index is 455. The lowest BCUT2D eigenvalue weighted by Gasteiger charge is -2.46. The smallest absolute Gasteiger partial charge is 0.126 e. The zero-order chi connectivity index (χ0) is 14.2. The second-order valence-corrected chi connectivity index (χ2v) is 6.74. The fourth-order valence-electron chi connectivity index (χ4n) is 3.75. The van der Waals surface area contributed by atoms with Gasteiger partial charge < -0.3 is 5.73 Å². The second-order valence-electron chi connectivity index (χ2n) is 6.74. The van der Waals surface area contributed by atoms with Crippen LogP contribution in [0.2, 0.25) is 0 Å². The number of benzene rings is 1. The van der Waals surface area contributed by atoms with Gasteiger partial charge in [-0.05, 0) is 54.7 Å². The predicted octanol–water partition coefficient (Wildman–Crippen LogP) is 4.38.